The molecular weight excluding hydrogens is 397 g/mol. The molecule has 1 N–H and O–H groups in total. The number of carbonyl (C=O) groups is 2. The lowest BCUT2D eigenvalue weighted by Crippen LogP contribution is -2.13. The van der Waals surface area contributed by atoms with Gasteiger partial charge in [0.1, 0.15) is 10.8 Å². The highest BCUT2D eigenvalue weighted by Gasteiger charge is 2.27. The highest BCUT2D eigenvalue weighted by molar-refractivity contribution is 7.17. The van der Waals surface area contributed by atoms with Crippen molar-refractivity contribution in [2.75, 3.05) is 5.32 Å². The summed E-state index contributed by atoms with van der Waals surface area (Å²) in [6, 6.07) is 5.67. The average Bonchev–Trinajstić information content (AvgIpc) is 3.30. The number of aryl methyl sites for hydroxylation is 1. The van der Waals surface area contributed by atoms with Crippen LogP contribution in [0.25, 0.3) is 11.4 Å². The number of nitrogens with zero attached hydrogens (tertiary/aromatic N) is 2. The number of thiophene rings is 1. The third-order valence-corrected chi connectivity index (χ3v) is 5.77. The van der Waals surface area contributed by atoms with Gasteiger partial charge in [-0.3, -0.25) is 4.79 Å². The molecule has 9 heteroatoms. The summed E-state index contributed by atoms with van der Waals surface area (Å²) >= 11 is 1.43. The monoisotopic (exact) mass is 415 g/mol. The molecule has 0 aliphatic heterocycles. The average molecular weight is 415 g/mol. The Balaban J connectivity index is 1.50. The molecule has 1 amide bonds. The Morgan fingerprint density at radius 1 is 1.24 bits per heavy atom. The van der Waals surface area contributed by atoms with Crippen molar-refractivity contribution in [3.05, 3.63) is 52.0 Å². The molecule has 0 bridgehead atoms. The number of fused-ring (bicyclic) bond motifs is 1. The van der Waals surface area contributed by atoms with Crippen molar-refractivity contribution in [2.24, 2.45) is 0 Å². The van der Waals surface area contributed by atoms with Crippen LogP contribution >= 0.6 is 11.3 Å². The second-order valence-corrected chi connectivity index (χ2v) is 7.80. The number of esters is 1. The van der Waals surface area contributed by atoms with Crippen LogP contribution in [0.15, 0.2) is 28.8 Å². The lowest BCUT2D eigenvalue weighted by Gasteiger charge is -2.12. The molecule has 3 aromatic rings. The summed E-state index contributed by atoms with van der Waals surface area (Å²) in [7, 11) is 0. The van der Waals surface area contributed by atoms with Crippen LogP contribution in [-0.2, 0) is 29.0 Å². The van der Waals surface area contributed by atoms with Crippen LogP contribution in [0.2, 0.25) is 0 Å². The van der Waals surface area contributed by atoms with E-state index in [1.807, 2.05) is 0 Å². The summed E-state index contributed by atoms with van der Waals surface area (Å²) in [6.45, 7) is 1.21. The van der Waals surface area contributed by atoms with Gasteiger partial charge < -0.3 is 14.6 Å². The molecule has 0 saturated heterocycles. The predicted octanol–water partition coefficient (Wildman–Crippen LogP) is 4.13. The van der Waals surface area contributed by atoms with Crippen LogP contribution in [0.3, 0.4) is 0 Å². The fraction of sp³-hybridized carbons (Fsp3) is 0.300. The van der Waals surface area contributed by atoms with Crippen molar-refractivity contribution in [2.45, 2.75) is 39.2 Å². The van der Waals surface area contributed by atoms with Gasteiger partial charge >= 0.3 is 5.97 Å². The maximum Gasteiger partial charge on any atom is 0.341 e. The van der Waals surface area contributed by atoms with Crippen molar-refractivity contribution in [3.8, 4) is 11.4 Å². The fourth-order valence-corrected chi connectivity index (χ4v) is 4.58. The number of benzene rings is 1. The standard InChI is InChI=1S/C20H18FN3O4S/c1-11(25)22-19-17(14-4-2-3-5-15(14)29-19)20(26)27-10-16-23-18(24-28-16)12-6-8-13(21)9-7-12/h6-9H,2-5,10H2,1H3,(H,22,25). The van der Waals surface area contributed by atoms with Crippen LogP contribution < -0.4 is 5.32 Å². The molecule has 1 aliphatic carbocycles. The first-order chi connectivity index (χ1) is 14.0. The minimum atomic E-state index is -0.533. The van der Waals surface area contributed by atoms with Crippen molar-refractivity contribution in [1.29, 1.82) is 0 Å². The van der Waals surface area contributed by atoms with Gasteiger partial charge in [-0.1, -0.05) is 5.16 Å². The van der Waals surface area contributed by atoms with Gasteiger partial charge in [-0.05, 0) is 55.5 Å². The van der Waals surface area contributed by atoms with Gasteiger partial charge in [0.05, 0.1) is 5.56 Å². The topological polar surface area (TPSA) is 94.3 Å². The summed E-state index contributed by atoms with van der Waals surface area (Å²) in [5.41, 5.74) is 1.96. The van der Waals surface area contributed by atoms with Gasteiger partial charge in [-0.2, -0.15) is 4.98 Å². The van der Waals surface area contributed by atoms with E-state index in [2.05, 4.69) is 15.5 Å². The van der Waals surface area contributed by atoms with Crippen LogP contribution in [-0.4, -0.2) is 22.0 Å². The van der Waals surface area contributed by atoms with Crippen LogP contribution in [0.5, 0.6) is 0 Å². The largest absolute Gasteiger partial charge is 0.452 e. The zero-order chi connectivity index (χ0) is 20.4. The Bertz CT molecular complexity index is 1060. The molecule has 2 heterocycles. The zero-order valence-electron chi connectivity index (χ0n) is 15.7. The highest BCUT2D eigenvalue weighted by atomic mass is 32.1. The SMILES string of the molecule is CC(=O)Nc1sc2c(c1C(=O)OCc1nc(-c3ccc(F)cc3)no1)CCCC2. The first-order valence-electron chi connectivity index (χ1n) is 9.19. The van der Waals surface area contributed by atoms with Gasteiger partial charge in [0.15, 0.2) is 6.61 Å². The summed E-state index contributed by atoms with van der Waals surface area (Å²) in [5.74, 6) is -0.723. The molecule has 4 rings (SSSR count). The van der Waals surface area contributed by atoms with Crippen molar-refractivity contribution in [3.63, 3.8) is 0 Å². The van der Waals surface area contributed by atoms with Crippen molar-refractivity contribution in [1.82, 2.24) is 10.1 Å². The van der Waals surface area contributed by atoms with Gasteiger partial charge in [0, 0.05) is 17.4 Å². The van der Waals surface area contributed by atoms with E-state index in [0.29, 0.717) is 16.1 Å². The van der Waals surface area contributed by atoms with Gasteiger partial charge in [0.25, 0.3) is 5.89 Å². The van der Waals surface area contributed by atoms with Crippen molar-refractivity contribution < 1.29 is 23.2 Å². The molecule has 0 saturated carbocycles. The van der Waals surface area contributed by atoms with E-state index in [0.717, 1.165) is 36.1 Å². The first kappa shape index (κ1) is 19.3. The maximum absolute atomic E-state index is 13.0. The van der Waals surface area contributed by atoms with Crippen LogP contribution in [0.4, 0.5) is 9.39 Å². The maximum atomic E-state index is 13.0. The van der Waals surface area contributed by atoms with E-state index in [1.165, 1.54) is 42.5 Å². The smallest absolute Gasteiger partial charge is 0.341 e. The second-order valence-electron chi connectivity index (χ2n) is 6.69. The van der Waals surface area contributed by atoms with Gasteiger partial charge in [-0.25, -0.2) is 9.18 Å². The number of carbonyl (C=O) groups excluding carboxylic acids is 2. The lowest BCUT2D eigenvalue weighted by atomic mass is 9.95. The number of ether oxygens (including phenoxy) is 1. The Hall–Kier alpha value is -3.07. The number of hydrogen-bond donors (Lipinski definition) is 1. The minimum Gasteiger partial charge on any atom is -0.452 e. The molecule has 150 valence electrons. The highest BCUT2D eigenvalue weighted by Crippen LogP contribution is 2.38. The molecule has 2 aromatic heterocycles. The normalized spacial score (nSPS) is 13.0. The molecule has 0 radical (unpaired) electrons. The molecule has 0 spiro atoms. The van der Waals surface area contributed by atoms with Crippen molar-refractivity contribution >= 4 is 28.2 Å². The second kappa shape index (κ2) is 8.12. The van der Waals surface area contributed by atoms with Crippen LogP contribution in [0.1, 0.15) is 46.5 Å². The number of aromatic nitrogens is 2. The third-order valence-electron chi connectivity index (χ3n) is 4.56. The summed E-state index contributed by atoms with van der Waals surface area (Å²) in [6.07, 6.45) is 3.74. The Labute approximate surface area is 169 Å². The van der Waals surface area contributed by atoms with Gasteiger partial charge in [-0.15, -0.1) is 11.3 Å². The first-order valence-corrected chi connectivity index (χ1v) is 10.0. The van der Waals surface area contributed by atoms with E-state index in [1.54, 1.807) is 0 Å². The molecule has 1 aromatic carbocycles. The zero-order valence-corrected chi connectivity index (χ0v) is 16.5. The summed E-state index contributed by atoms with van der Waals surface area (Å²) in [5, 5.41) is 7.09. The predicted molar refractivity (Wildman–Crippen MR) is 104 cm³/mol. The third kappa shape index (κ3) is 4.19. The van der Waals surface area contributed by atoms with E-state index in [9.17, 15) is 14.0 Å². The van der Waals surface area contributed by atoms with E-state index < -0.39 is 5.97 Å². The molecule has 0 atom stereocenters. The molecule has 29 heavy (non-hydrogen) atoms. The molecule has 1 aliphatic rings. The lowest BCUT2D eigenvalue weighted by molar-refractivity contribution is -0.114. The Kier molecular flexibility index (Phi) is 5.39. The van der Waals surface area contributed by atoms with Gasteiger partial charge in [0.2, 0.25) is 11.7 Å². The molecule has 7 nitrogen and oxygen atoms in total. The van der Waals surface area contributed by atoms with E-state index >= 15 is 0 Å². The number of hydrogen-bond acceptors (Lipinski definition) is 7. The van der Waals surface area contributed by atoms with Crippen LogP contribution in [0, 0.1) is 5.82 Å². The van der Waals surface area contributed by atoms with E-state index in [4.69, 9.17) is 9.26 Å². The summed E-state index contributed by atoms with van der Waals surface area (Å²) < 4.78 is 23.6. The molecule has 0 unspecified atom stereocenters. The minimum absolute atomic E-state index is 0.128. The number of rotatable bonds is 5. The quantitative estimate of drug-likeness (QED) is 0.630. The molecule has 0 fully saturated rings. The Morgan fingerprint density at radius 3 is 2.76 bits per heavy atom. The number of halogens is 1. The number of amides is 1. The molecular formula is C20H18FN3O4S. The number of nitrogens with one attached hydrogen (secondary N) is 1. The fourth-order valence-electron chi connectivity index (χ4n) is 3.26. The number of anilines is 1. The van der Waals surface area contributed by atoms with E-state index in [-0.39, 0.29) is 30.0 Å². The summed E-state index contributed by atoms with van der Waals surface area (Å²) in [4.78, 5) is 29.6. The Morgan fingerprint density at radius 2 is 2.00 bits per heavy atom.